The second kappa shape index (κ2) is 6.95. The fourth-order valence-corrected chi connectivity index (χ4v) is 4.20. The summed E-state index contributed by atoms with van der Waals surface area (Å²) in [6.45, 7) is 0. The molecule has 3 heterocycles. The summed E-state index contributed by atoms with van der Waals surface area (Å²) in [7, 11) is 1.51. The third kappa shape index (κ3) is 2.85. The number of para-hydroxylation sites is 1. The van der Waals surface area contributed by atoms with E-state index in [1.807, 2.05) is 0 Å². The van der Waals surface area contributed by atoms with Gasteiger partial charge < -0.3 is 10.3 Å². The van der Waals surface area contributed by atoms with Crippen molar-refractivity contribution in [3.63, 3.8) is 0 Å². The van der Waals surface area contributed by atoms with E-state index in [1.165, 1.54) is 30.6 Å². The Morgan fingerprint density at radius 3 is 2.71 bits per heavy atom. The average Bonchev–Trinajstić information content (AvgIpc) is 3.30. The highest BCUT2D eigenvalue weighted by molar-refractivity contribution is 9.10. The number of nitrogens with one attached hydrogen (secondary N) is 2. The van der Waals surface area contributed by atoms with Gasteiger partial charge >= 0.3 is 0 Å². The summed E-state index contributed by atoms with van der Waals surface area (Å²) in [4.78, 5) is 27.4. The van der Waals surface area contributed by atoms with E-state index in [-0.39, 0.29) is 22.5 Å². The van der Waals surface area contributed by atoms with E-state index >= 15 is 0 Å². The third-order valence-electron chi connectivity index (χ3n) is 4.14. The molecule has 0 aliphatic carbocycles. The molecule has 0 bridgehead atoms. The Morgan fingerprint density at radius 2 is 2.04 bits per heavy atom. The summed E-state index contributed by atoms with van der Waals surface area (Å²) in [6.07, 6.45) is 1.38. The van der Waals surface area contributed by atoms with E-state index in [9.17, 15) is 18.4 Å². The highest BCUT2D eigenvalue weighted by atomic mass is 79.9. The van der Waals surface area contributed by atoms with Crippen molar-refractivity contribution in [1.82, 2.24) is 20.1 Å². The Bertz CT molecular complexity index is 1270. The number of thiophene rings is 1. The number of nitrogens with zero attached hydrogens (tertiary/aromatic N) is 2. The van der Waals surface area contributed by atoms with Crippen LogP contribution < -0.4 is 10.9 Å². The molecular formula is C18H11BrF2N4O2S. The molecule has 142 valence electrons. The molecule has 0 aliphatic rings. The Kier molecular flexibility index (Phi) is 4.60. The number of rotatable bonds is 3. The van der Waals surface area contributed by atoms with E-state index in [1.54, 1.807) is 11.4 Å². The lowest BCUT2D eigenvalue weighted by Crippen LogP contribution is -2.16. The number of carbonyl (C=O) groups is 1. The Morgan fingerprint density at radius 1 is 1.32 bits per heavy atom. The minimum Gasteiger partial charge on any atom is -0.354 e. The molecule has 6 nitrogen and oxygen atoms in total. The number of fused-ring (bicyclic) bond motifs is 1. The molecule has 2 N–H and O–H groups in total. The number of benzene rings is 1. The van der Waals surface area contributed by atoms with Crippen LogP contribution in [0.15, 0.2) is 45.1 Å². The van der Waals surface area contributed by atoms with Gasteiger partial charge in [0.05, 0.1) is 20.3 Å². The molecule has 1 amide bonds. The van der Waals surface area contributed by atoms with Crippen LogP contribution in [0, 0.1) is 11.6 Å². The smallest absolute Gasteiger partial charge is 0.261 e. The zero-order chi connectivity index (χ0) is 20.0. The van der Waals surface area contributed by atoms with Crippen LogP contribution in [0.2, 0.25) is 0 Å². The number of halogens is 3. The van der Waals surface area contributed by atoms with Gasteiger partial charge in [-0.1, -0.05) is 6.07 Å². The van der Waals surface area contributed by atoms with Gasteiger partial charge in [0, 0.05) is 24.2 Å². The largest absolute Gasteiger partial charge is 0.354 e. The summed E-state index contributed by atoms with van der Waals surface area (Å²) in [6, 6.07) is 5.05. The zero-order valence-corrected chi connectivity index (χ0v) is 16.6. The molecule has 4 aromatic rings. The molecule has 0 saturated heterocycles. The molecule has 1 aromatic carbocycles. The van der Waals surface area contributed by atoms with Crippen molar-refractivity contribution in [3.05, 3.63) is 67.2 Å². The average molecular weight is 465 g/mol. The number of amides is 1. The summed E-state index contributed by atoms with van der Waals surface area (Å²) >= 11 is 4.49. The number of aromatic nitrogens is 3. The molecule has 28 heavy (non-hydrogen) atoms. The Balaban J connectivity index is 2.07. The monoisotopic (exact) mass is 464 g/mol. The van der Waals surface area contributed by atoms with Gasteiger partial charge in [-0.25, -0.2) is 13.5 Å². The van der Waals surface area contributed by atoms with E-state index in [0.29, 0.717) is 14.9 Å². The lowest BCUT2D eigenvalue weighted by molar-refractivity contribution is 0.0967. The number of aromatic amines is 1. The molecule has 0 spiro atoms. The first-order chi connectivity index (χ1) is 13.4. The summed E-state index contributed by atoms with van der Waals surface area (Å²) < 4.78 is 30.3. The van der Waals surface area contributed by atoms with Crippen molar-refractivity contribution >= 4 is 44.1 Å². The van der Waals surface area contributed by atoms with Crippen molar-refractivity contribution in [1.29, 1.82) is 0 Å². The first kappa shape index (κ1) is 18.5. The van der Waals surface area contributed by atoms with Crippen molar-refractivity contribution in [2.75, 3.05) is 7.05 Å². The van der Waals surface area contributed by atoms with Crippen LogP contribution >= 0.6 is 27.3 Å². The van der Waals surface area contributed by atoms with Crippen molar-refractivity contribution in [3.8, 4) is 16.9 Å². The second-order valence-electron chi connectivity index (χ2n) is 5.80. The van der Waals surface area contributed by atoms with E-state index in [0.717, 1.165) is 16.8 Å². The van der Waals surface area contributed by atoms with Gasteiger partial charge in [0.2, 0.25) is 0 Å². The number of H-pyrrole nitrogens is 1. The molecule has 0 atom stereocenters. The third-order valence-corrected chi connectivity index (χ3v) is 5.68. The lowest BCUT2D eigenvalue weighted by Gasteiger charge is -2.07. The number of hydrogen-bond acceptors (Lipinski definition) is 4. The minimum absolute atomic E-state index is 0.151. The number of pyridine rings is 1. The quantitative estimate of drug-likeness (QED) is 0.483. The fourth-order valence-electron chi connectivity index (χ4n) is 2.88. The van der Waals surface area contributed by atoms with E-state index in [4.69, 9.17) is 0 Å². The Hall–Kier alpha value is -2.85. The Labute approximate surface area is 168 Å². The topological polar surface area (TPSA) is 79.8 Å². The standard InChI is InChI=1S/C18H11BrF2N4O2S/c1-22-17(26)12-5-8(7-28-12)14-13-15(9(19)6-23-18(13)27)25(24-14)16-10(20)3-2-4-11(16)21/h2-7H,1H3,(H,22,26)(H,23,27). The summed E-state index contributed by atoms with van der Waals surface area (Å²) in [5.41, 5.74) is 0.0606. The number of hydrogen-bond donors (Lipinski definition) is 2. The summed E-state index contributed by atoms with van der Waals surface area (Å²) in [5, 5.41) is 8.67. The normalized spacial score (nSPS) is 11.1. The zero-order valence-electron chi connectivity index (χ0n) is 14.2. The van der Waals surface area contributed by atoms with Crippen molar-refractivity contribution in [2.45, 2.75) is 0 Å². The first-order valence-corrected chi connectivity index (χ1v) is 9.65. The SMILES string of the molecule is CNC(=O)c1cc(-c2nn(-c3c(F)cccc3F)c3c(Br)c[nH]c(=O)c23)cs1. The van der Waals surface area contributed by atoms with Crippen LogP contribution in [0.1, 0.15) is 9.67 Å². The molecule has 0 aliphatic heterocycles. The van der Waals surface area contributed by atoms with Crippen LogP contribution in [-0.4, -0.2) is 27.7 Å². The van der Waals surface area contributed by atoms with Crippen LogP contribution in [0.5, 0.6) is 0 Å². The van der Waals surface area contributed by atoms with Gasteiger partial charge in [-0.15, -0.1) is 11.3 Å². The maximum absolute atomic E-state index is 14.4. The first-order valence-electron chi connectivity index (χ1n) is 7.97. The molecular weight excluding hydrogens is 454 g/mol. The van der Waals surface area contributed by atoms with Crippen molar-refractivity contribution < 1.29 is 13.6 Å². The molecule has 0 fully saturated rings. The van der Waals surface area contributed by atoms with Gasteiger partial charge in [-0.2, -0.15) is 5.10 Å². The highest BCUT2D eigenvalue weighted by Gasteiger charge is 2.23. The maximum Gasteiger partial charge on any atom is 0.261 e. The second-order valence-corrected chi connectivity index (χ2v) is 7.56. The molecule has 4 rings (SSSR count). The molecule has 0 unspecified atom stereocenters. The van der Waals surface area contributed by atoms with E-state index in [2.05, 4.69) is 31.3 Å². The molecule has 3 aromatic heterocycles. The van der Waals surface area contributed by atoms with Crippen LogP contribution in [0.25, 0.3) is 27.8 Å². The predicted octanol–water partition coefficient (Wildman–Crippen LogP) is 3.84. The highest BCUT2D eigenvalue weighted by Crippen LogP contribution is 2.34. The number of carbonyl (C=O) groups excluding carboxylic acids is 1. The molecule has 10 heteroatoms. The van der Waals surface area contributed by atoms with Gasteiger partial charge in [0.1, 0.15) is 11.4 Å². The summed E-state index contributed by atoms with van der Waals surface area (Å²) in [5.74, 6) is -1.92. The van der Waals surface area contributed by atoms with Crippen LogP contribution in [0.4, 0.5) is 8.78 Å². The van der Waals surface area contributed by atoms with Crippen LogP contribution in [0.3, 0.4) is 0 Å². The van der Waals surface area contributed by atoms with Gasteiger partial charge in [-0.05, 0) is 34.1 Å². The van der Waals surface area contributed by atoms with Crippen LogP contribution in [-0.2, 0) is 0 Å². The maximum atomic E-state index is 14.4. The minimum atomic E-state index is -0.820. The molecule has 0 saturated carbocycles. The lowest BCUT2D eigenvalue weighted by atomic mass is 10.1. The van der Waals surface area contributed by atoms with Gasteiger partial charge in [0.15, 0.2) is 11.6 Å². The van der Waals surface area contributed by atoms with Gasteiger partial charge in [-0.3, -0.25) is 9.59 Å². The van der Waals surface area contributed by atoms with E-state index < -0.39 is 22.9 Å². The predicted molar refractivity (Wildman–Crippen MR) is 106 cm³/mol. The fraction of sp³-hybridized carbons (Fsp3) is 0.0556. The van der Waals surface area contributed by atoms with Gasteiger partial charge in [0.25, 0.3) is 11.5 Å². The molecule has 0 radical (unpaired) electrons. The van der Waals surface area contributed by atoms with Crippen molar-refractivity contribution in [2.24, 2.45) is 0 Å².